The van der Waals surface area contributed by atoms with Crippen molar-refractivity contribution in [2.75, 3.05) is 13.2 Å². The van der Waals surface area contributed by atoms with Crippen LogP contribution in [0, 0.1) is 11.3 Å². The van der Waals surface area contributed by atoms with Crippen LogP contribution >= 0.6 is 15.9 Å². The molecule has 8 heteroatoms. The molecule has 7 nitrogen and oxygen atoms in total. The van der Waals surface area contributed by atoms with Gasteiger partial charge in [-0.05, 0) is 49.2 Å². The SMILES string of the molecule is C=CCc1cc(C=Nn2c(CC)nc3ccc(Br)cc3c2=O)cc(OCC)c1OCC#N. The van der Waals surface area contributed by atoms with Crippen molar-refractivity contribution in [3.63, 3.8) is 0 Å². The van der Waals surface area contributed by atoms with Crippen molar-refractivity contribution in [3.05, 3.63) is 74.8 Å². The molecule has 0 saturated carbocycles. The topological polar surface area (TPSA) is 89.5 Å². The molecule has 0 aliphatic rings. The van der Waals surface area contributed by atoms with Gasteiger partial charge in [0, 0.05) is 16.5 Å². The van der Waals surface area contributed by atoms with Gasteiger partial charge in [0.2, 0.25) is 0 Å². The van der Waals surface area contributed by atoms with Gasteiger partial charge in [0.05, 0.1) is 23.7 Å². The summed E-state index contributed by atoms with van der Waals surface area (Å²) in [6.07, 6.45) is 4.41. The Morgan fingerprint density at radius 1 is 1.28 bits per heavy atom. The van der Waals surface area contributed by atoms with Gasteiger partial charge in [0.1, 0.15) is 11.9 Å². The number of nitriles is 1. The van der Waals surface area contributed by atoms with E-state index < -0.39 is 0 Å². The summed E-state index contributed by atoms with van der Waals surface area (Å²) in [6.45, 7) is 7.93. The zero-order valence-corrected chi connectivity index (χ0v) is 19.6. The number of allylic oxidation sites excluding steroid dienone is 1. The van der Waals surface area contributed by atoms with Gasteiger partial charge in [0.15, 0.2) is 18.1 Å². The first-order chi connectivity index (χ1) is 15.5. The highest BCUT2D eigenvalue weighted by molar-refractivity contribution is 9.10. The summed E-state index contributed by atoms with van der Waals surface area (Å²) < 4.78 is 13.5. The van der Waals surface area contributed by atoms with Crippen LogP contribution in [0.2, 0.25) is 0 Å². The van der Waals surface area contributed by atoms with Crippen molar-refractivity contribution in [1.29, 1.82) is 5.26 Å². The minimum atomic E-state index is -0.241. The van der Waals surface area contributed by atoms with E-state index >= 15 is 0 Å². The second-order valence-corrected chi connectivity index (χ2v) is 7.70. The Hall–Kier alpha value is -3.44. The van der Waals surface area contributed by atoms with Crippen LogP contribution in [-0.4, -0.2) is 29.1 Å². The second kappa shape index (κ2) is 10.7. The third-order valence-electron chi connectivity index (χ3n) is 4.61. The molecule has 0 radical (unpaired) electrons. The normalized spacial score (nSPS) is 10.9. The smallest absolute Gasteiger partial charge is 0.282 e. The molecule has 0 spiro atoms. The Morgan fingerprint density at radius 2 is 2.09 bits per heavy atom. The van der Waals surface area contributed by atoms with Gasteiger partial charge in [-0.1, -0.05) is 28.9 Å². The quantitative estimate of drug-likeness (QED) is 0.319. The lowest BCUT2D eigenvalue weighted by Gasteiger charge is -2.15. The number of fused-ring (bicyclic) bond motifs is 1. The van der Waals surface area contributed by atoms with E-state index in [0.717, 1.165) is 15.6 Å². The molecule has 164 valence electrons. The van der Waals surface area contributed by atoms with Crippen molar-refractivity contribution in [2.45, 2.75) is 26.7 Å². The Bertz CT molecular complexity index is 1270. The van der Waals surface area contributed by atoms with Crippen LogP contribution in [0.4, 0.5) is 0 Å². The van der Waals surface area contributed by atoms with E-state index in [4.69, 9.17) is 14.7 Å². The van der Waals surface area contributed by atoms with Crippen LogP contribution in [0.15, 0.2) is 57.4 Å². The van der Waals surface area contributed by atoms with Crippen molar-refractivity contribution < 1.29 is 9.47 Å². The fourth-order valence-corrected chi connectivity index (χ4v) is 3.62. The molecule has 2 aromatic carbocycles. The molecule has 0 bridgehead atoms. The summed E-state index contributed by atoms with van der Waals surface area (Å²) in [6, 6.07) is 11.0. The number of aromatic nitrogens is 2. The average molecular weight is 495 g/mol. The minimum absolute atomic E-state index is 0.0920. The third-order valence-corrected chi connectivity index (χ3v) is 5.11. The summed E-state index contributed by atoms with van der Waals surface area (Å²) in [5.74, 6) is 1.58. The van der Waals surface area contributed by atoms with Gasteiger partial charge in [-0.2, -0.15) is 15.0 Å². The number of rotatable bonds is 9. The molecule has 0 aliphatic heterocycles. The first-order valence-corrected chi connectivity index (χ1v) is 11.0. The summed E-state index contributed by atoms with van der Waals surface area (Å²) in [4.78, 5) is 17.7. The van der Waals surface area contributed by atoms with Gasteiger partial charge in [-0.3, -0.25) is 4.79 Å². The molecule has 0 N–H and O–H groups in total. The fraction of sp³-hybridized carbons (Fsp3) is 0.250. The summed E-state index contributed by atoms with van der Waals surface area (Å²) >= 11 is 3.40. The van der Waals surface area contributed by atoms with E-state index in [2.05, 4.69) is 32.6 Å². The monoisotopic (exact) mass is 494 g/mol. The highest BCUT2D eigenvalue weighted by atomic mass is 79.9. The lowest BCUT2D eigenvalue weighted by atomic mass is 10.1. The molecule has 0 amide bonds. The van der Waals surface area contributed by atoms with Gasteiger partial charge < -0.3 is 9.47 Å². The van der Waals surface area contributed by atoms with Crippen molar-refractivity contribution in [1.82, 2.24) is 9.66 Å². The lowest BCUT2D eigenvalue weighted by molar-refractivity contribution is 0.297. The number of hydrogen-bond donors (Lipinski definition) is 0. The first-order valence-electron chi connectivity index (χ1n) is 10.2. The highest BCUT2D eigenvalue weighted by Gasteiger charge is 2.14. The predicted molar refractivity (Wildman–Crippen MR) is 129 cm³/mol. The van der Waals surface area contributed by atoms with Crippen LogP contribution in [0.25, 0.3) is 10.9 Å². The molecule has 3 aromatic rings. The average Bonchev–Trinajstić information content (AvgIpc) is 2.78. The van der Waals surface area contributed by atoms with E-state index in [1.165, 1.54) is 4.68 Å². The summed E-state index contributed by atoms with van der Waals surface area (Å²) in [5.41, 5.74) is 1.92. The van der Waals surface area contributed by atoms with Gasteiger partial charge >= 0.3 is 0 Å². The van der Waals surface area contributed by atoms with E-state index in [0.29, 0.717) is 47.7 Å². The zero-order valence-electron chi connectivity index (χ0n) is 18.0. The molecule has 0 fully saturated rings. The van der Waals surface area contributed by atoms with Crippen molar-refractivity contribution in [3.8, 4) is 17.6 Å². The summed E-state index contributed by atoms with van der Waals surface area (Å²) in [5, 5.41) is 13.8. The van der Waals surface area contributed by atoms with Gasteiger partial charge in [0.25, 0.3) is 5.56 Å². The van der Waals surface area contributed by atoms with E-state index in [-0.39, 0.29) is 12.2 Å². The molecule has 3 rings (SSSR count). The van der Waals surface area contributed by atoms with Crippen LogP contribution in [0.5, 0.6) is 11.5 Å². The van der Waals surface area contributed by atoms with Gasteiger partial charge in [-0.25, -0.2) is 4.98 Å². The summed E-state index contributed by atoms with van der Waals surface area (Å²) in [7, 11) is 0. The van der Waals surface area contributed by atoms with Crippen molar-refractivity contribution in [2.24, 2.45) is 5.10 Å². The largest absolute Gasteiger partial charge is 0.490 e. The minimum Gasteiger partial charge on any atom is -0.490 e. The van der Waals surface area contributed by atoms with Gasteiger partial charge in [-0.15, -0.1) is 6.58 Å². The van der Waals surface area contributed by atoms with E-state index in [9.17, 15) is 4.79 Å². The van der Waals surface area contributed by atoms with E-state index in [1.807, 2.05) is 38.1 Å². The Balaban J connectivity index is 2.11. The number of ether oxygens (including phenoxy) is 2. The maximum atomic E-state index is 13.1. The highest BCUT2D eigenvalue weighted by Crippen LogP contribution is 2.33. The number of nitrogens with zero attached hydrogens (tertiary/aromatic N) is 4. The molecule has 0 saturated heterocycles. The lowest BCUT2D eigenvalue weighted by Crippen LogP contribution is -2.22. The maximum absolute atomic E-state index is 13.1. The Labute approximate surface area is 194 Å². The molecule has 32 heavy (non-hydrogen) atoms. The number of benzene rings is 2. The van der Waals surface area contributed by atoms with E-state index in [1.54, 1.807) is 24.4 Å². The standard InChI is InChI=1S/C24H23BrN4O3/c1-4-7-17-12-16(13-21(31-6-3)23(17)32-11-10-26)15-27-29-22(5-2)28-20-9-8-18(25)14-19(20)24(29)30/h4,8-9,12-15H,1,5-7,11H2,2-3H3. The molecule has 0 unspecified atom stereocenters. The molecular formula is C24H23BrN4O3. The van der Waals surface area contributed by atoms with Crippen LogP contribution in [0.1, 0.15) is 30.8 Å². The van der Waals surface area contributed by atoms with Crippen LogP contribution in [0.3, 0.4) is 0 Å². The maximum Gasteiger partial charge on any atom is 0.282 e. The number of hydrogen-bond acceptors (Lipinski definition) is 6. The molecule has 1 heterocycles. The van der Waals surface area contributed by atoms with Crippen LogP contribution in [-0.2, 0) is 12.8 Å². The molecular weight excluding hydrogens is 472 g/mol. The Kier molecular flexibility index (Phi) is 7.79. The third kappa shape index (κ3) is 5.06. The molecule has 0 aliphatic carbocycles. The zero-order chi connectivity index (χ0) is 23.1. The number of aryl methyl sites for hydroxylation is 1. The second-order valence-electron chi connectivity index (χ2n) is 6.78. The van der Waals surface area contributed by atoms with Crippen molar-refractivity contribution >= 4 is 33.0 Å². The number of halogens is 1. The Morgan fingerprint density at radius 3 is 2.78 bits per heavy atom. The first kappa shape index (κ1) is 23.2. The molecule has 1 aromatic heterocycles. The molecule has 0 atom stereocenters. The van der Waals surface area contributed by atoms with Crippen LogP contribution < -0.4 is 15.0 Å². The predicted octanol–water partition coefficient (Wildman–Crippen LogP) is 4.63. The fourth-order valence-electron chi connectivity index (χ4n) is 3.26.